The van der Waals surface area contributed by atoms with E-state index in [1.165, 1.54) is 0 Å². The fraction of sp³-hybridized carbons (Fsp3) is 0.238. The summed E-state index contributed by atoms with van der Waals surface area (Å²) in [6.45, 7) is 6.86. The van der Waals surface area contributed by atoms with Crippen LogP contribution in [-0.2, 0) is 9.53 Å². The van der Waals surface area contributed by atoms with E-state index in [-0.39, 0.29) is 5.70 Å². The van der Waals surface area contributed by atoms with Crippen molar-refractivity contribution in [1.29, 1.82) is 0 Å². The molecule has 0 aliphatic carbocycles. The van der Waals surface area contributed by atoms with Gasteiger partial charge in [-0.05, 0) is 50.6 Å². The fourth-order valence-corrected chi connectivity index (χ4v) is 2.66. The highest BCUT2D eigenvalue weighted by molar-refractivity contribution is 6.13. The first-order valence-corrected chi connectivity index (χ1v) is 8.60. The van der Waals surface area contributed by atoms with Gasteiger partial charge in [0.1, 0.15) is 11.5 Å². The van der Waals surface area contributed by atoms with E-state index in [1.807, 2.05) is 63.2 Å². The van der Waals surface area contributed by atoms with Gasteiger partial charge >= 0.3 is 5.97 Å². The Bertz CT molecular complexity index is 883. The largest absolute Gasteiger partial charge is 0.494 e. The monoisotopic (exact) mass is 351 g/mol. The molecule has 134 valence electrons. The Hall–Kier alpha value is -3.08. The number of esters is 1. The van der Waals surface area contributed by atoms with Crippen LogP contribution in [0.3, 0.4) is 0 Å². The van der Waals surface area contributed by atoms with E-state index >= 15 is 0 Å². The molecule has 0 spiro atoms. The Balaban J connectivity index is 1.96. The lowest BCUT2D eigenvalue weighted by atomic mass is 10.1. The summed E-state index contributed by atoms with van der Waals surface area (Å²) >= 11 is 0. The van der Waals surface area contributed by atoms with Crippen LogP contribution in [0, 0.1) is 6.92 Å². The molecule has 0 bridgehead atoms. The molecular formula is C21H21NO4. The van der Waals surface area contributed by atoms with Crippen LogP contribution < -0.4 is 9.47 Å². The first-order chi connectivity index (χ1) is 12.6. The second-order valence-electron chi connectivity index (χ2n) is 5.72. The Morgan fingerprint density at radius 2 is 1.85 bits per heavy atom. The normalized spacial score (nSPS) is 15.0. The second kappa shape index (κ2) is 7.87. The molecule has 26 heavy (non-hydrogen) atoms. The minimum absolute atomic E-state index is 0.244. The van der Waals surface area contributed by atoms with Gasteiger partial charge < -0.3 is 14.2 Å². The molecule has 5 heteroatoms. The molecule has 0 amide bonds. The standard InChI is InChI=1S/C21H21NO4/c1-4-24-16-11-10-15(19(13-16)25-5-2)12-18-21(23)26-20(22-18)17-9-7-6-8-14(17)3/h6-13H,4-5H2,1-3H3/b18-12+. The van der Waals surface area contributed by atoms with Crippen LogP contribution in [0.2, 0.25) is 0 Å². The third-order valence-corrected chi connectivity index (χ3v) is 3.88. The number of nitrogens with zero attached hydrogens (tertiary/aromatic N) is 1. The number of rotatable bonds is 6. The molecule has 1 aliphatic heterocycles. The number of benzene rings is 2. The summed E-state index contributed by atoms with van der Waals surface area (Å²) in [6.07, 6.45) is 1.67. The highest BCUT2D eigenvalue weighted by Crippen LogP contribution is 2.29. The Morgan fingerprint density at radius 1 is 1.08 bits per heavy atom. The SMILES string of the molecule is CCOc1ccc(/C=C2/N=C(c3ccccc3C)OC2=O)c(OCC)c1. The van der Waals surface area contributed by atoms with Crippen LogP contribution in [0.1, 0.15) is 30.5 Å². The molecule has 0 saturated carbocycles. The number of carbonyl (C=O) groups is 1. The lowest BCUT2D eigenvalue weighted by Gasteiger charge is -2.10. The zero-order chi connectivity index (χ0) is 18.5. The summed E-state index contributed by atoms with van der Waals surface area (Å²) in [6, 6.07) is 13.1. The molecule has 0 N–H and O–H groups in total. The van der Waals surface area contributed by atoms with E-state index in [1.54, 1.807) is 6.08 Å². The van der Waals surface area contributed by atoms with Gasteiger partial charge in [0, 0.05) is 17.2 Å². The molecule has 0 unspecified atom stereocenters. The van der Waals surface area contributed by atoms with Gasteiger partial charge in [-0.1, -0.05) is 18.2 Å². The van der Waals surface area contributed by atoms with Crippen molar-refractivity contribution < 1.29 is 19.0 Å². The maximum atomic E-state index is 12.2. The maximum absolute atomic E-state index is 12.2. The van der Waals surface area contributed by atoms with Crippen LogP contribution in [0.25, 0.3) is 6.08 Å². The Labute approximate surface area is 152 Å². The molecule has 0 aromatic heterocycles. The van der Waals surface area contributed by atoms with Gasteiger partial charge in [-0.25, -0.2) is 9.79 Å². The number of cyclic esters (lactones) is 1. The van der Waals surface area contributed by atoms with Crippen LogP contribution in [0.5, 0.6) is 11.5 Å². The van der Waals surface area contributed by atoms with Gasteiger partial charge in [0.2, 0.25) is 5.90 Å². The number of hydrogen-bond donors (Lipinski definition) is 0. The fourth-order valence-electron chi connectivity index (χ4n) is 2.66. The number of ether oxygens (including phenoxy) is 3. The third-order valence-electron chi connectivity index (χ3n) is 3.88. The summed E-state index contributed by atoms with van der Waals surface area (Å²) in [5.41, 5.74) is 2.79. The van der Waals surface area contributed by atoms with E-state index in [2.05, 4.69) is 4.99 Å². The minimum Gasteiger partial charge on any atom is -0.494 e. The summed E-state index contributed by atoms with van der Waals surface area (Å²) in [5, 5.41) is 0. The first-order valence-electron chi connectivity index (χ1n) is 8.60. The van der Waals surface area contributed by atoms with Crippen molar-refractivity contribution in [3.8, 4) is 11.5 Å². The van der Waals surface area contributed by atoms with Gasteiger partial charge in [-0.15, -0.1) is 0 Å². The lowest BCUT2D eigenvalue weighted by Crippen LogP contribution is -2.06. The third kappa shape index (κ3) is 3.77. The summed E-state index contributed by atoms with van der Waals surface area (Å²) < 4.78 is 16.5. The number of carbonyl (C=O) groups excluding carboxylic acids is 1. The Morgan fingerprint density at radius 3 is 2.58 bits per heavy atom. The minimum atomic E-state index is -0.473. The number of aryl methyl sites for hydroxylation is 1. The predicted molar refractivity (Wildman–Crippen MR) is 101 cm³/mol. The molecule has 1 heterocycles. The molecule has 1 aliphatic rings. The van der Waals surface area contributed by atoms with Gasteiger partial charge in [-0.3, -0.25) is 0 Å². The molecule has 0 atom stereocenters. The molecule has 2 aromatic rings. The Kier molecular flexibility index (Phi) is 5.37. The van der Waals surface area contributed by atoms with E-state index in [0.29, 0.717) is 24.9 Å². The summed E-state index contributed by atoms with van der Waals surface area (Å²) in [4.78, 5) is 16.6. The van der Waals surface area contributed by atoms with Crippen molar-refractivity contribution in [2.75, 3.05) is 13.2 Å². The first kappa shape index (κ1) is 17.7. The zero-order valence-corrected chi connectivity index (χ0v) is 15.1. The second-order valence-corrected chi connectivity index (χ2v) is 5.72. The van der Waals surface area contributed by atoms with Crippen LogP contribution in [0.4, 0.5) is 0 Å². The predicted octanol–water partition coefficient (Wildman–Crippen LogP) is 4.14. The van der Waals surface area contributed by atoms with Crippen LogP contribution >= 0.6 is 0 Å². The maximum Gasteiger partial charge on any atom is 0.363 e. The lowest BCUT2D eigenvalue weighted by molar-refractivity contribution is -0.129. The average Bonchev–Trinajstić information content (AvgIpc) is 2.98. The summed E-state index contributed by atoms with van der Waals surface area (Å²) in [7, 11) is 0. The van der Waals surface area contributed by atoms with E-state index in [9.17, 15) is 4.79 Å². The number of hydrogen-bond acceptors (Lipinski definition) is 5. The number of aliphatic imine (C=N–C) groups is 1. The van der Waals surface area contributed by atoms with Crippen molar-refractivity contribution in [2.45, 2.75) is 20.8 Å². The van der Waals surface area contributed by atoms with Crippen molar-refractivity contribution in [1.82, 2.24) is 0 Å². The van der Waals surface area contributed by atoms with Gasteiger partial charge in [0.25, 0.3) is 0 Å². The molecule has 0 fully saturated rings. The average molecular weight is 351 g/mol. The zero-order valence-electron chi connectivity index (χ0n) is 15.1. The molecule has 0 saturated heterocycles. The van der Waals surface area contributed by atoms with Gasteiger partial charge in [0.15, 0.2) is 5.70 Å². The van der Waals surface area contributed by atoms with Gasteiger partial charge in [-0.2, -0.15) is 0 Å². The van der Waals surface area contributed by atoms with E-state index < -0.39 is 5.97 Å². The molecule has 2 aromatic carbocycles. The van der Waals surface area contributed by atoms with Crippen molar-refractivity contribution in [2.24, 2.45) is 4.99 Å². The van der Waals surface area contributed by atoms with Crippen molar-refractivity contribution >= 4 is 17.9 Å². The molecule has 5 nitrogen and oxygen atoms in total. The van der Waals surface area contributed by atoms with Gasteiger partial charge in [0.05, 0.1) is 13.2 Å². The topological polar surface area (TPSA) is 57.1 Å². The highest BCUT2D eigenvalue weighted by Gasteiger charge is 2.25. The molecular weight excluding hydrogens is 330 g/mol. The summed E-state index contributed by atoms with van der Waals surface area (Å²) in [5.74, 6) is 1.21. The van der Waals surface area contributed by atoms with Crippen molar-refractivity contribution in [3.05, 3.63) is 64.9 Å². The quantitative estimate of drug-likeness (QED) is 0.580. The van der Waals surface area contributed by atoms with E-state index in [4.69, 9.17) is 14.2 Å². The molecule has 3 rings (SSSR count). The van der Waals surface area contributed by atoms with Crippen molar-refractivity contribution in [3.63, 3.8) is 0 Å². The van der Waals surface area contributed by atoms with Crippen LogP contribution in [0.15, 0.2) is 53.2 Å². The molecule has 0 radical (unpaired) electrons. The highest BCUT2D eigenvalue weighted by atomic mass is 16.6. The van der Waals surface area contributed by atoms with Crippen LogP contribution in [-0.4, -0.2) is 25.1 Å². The smallest absolute Gasteiger partial charge is 0.363 e. The van der Waals surface area contributed by atoms with E-state index in [0.717, 1.165) is 22.4 Å².